The second kappa shape index (κ2) is 6.97. The second-order valence-corrected chi connectivity index (χ2v) is 6.95. The molecule has 1 nitrogen and oxygen atoms in total. The van der Waals surface area contributed by atoms with Crippen LogP contribution in [0, 0.1) is 0 Å². The Balaban J connectivity index is 2.20. The Bertz CT molecular complexity index is 582. The lowest BCUT2D eigenvalue weighted by Crippen LogP contribution is -2.05. The van der Waals surface area contributed by atoms with Gasteiger partial charge in [-0.25, -0.2) is 0 Å². The third-order valence-corrected chi connectivity index (χ3v) is 5.07. The number of rotatable bonds is 4. The zero-order chi connectivity index (χ0) is 14.7. The molecule has 20 heavy (non-hydrogen) atoms. The molecule has 0 aromatic heterocycles. The summed E-state index contributed by atoms with van der Waals surface area (Å²) in [5, 5.41) is 0.715. The van der Waals surface area contributed by atoms with Gasteiger partial charge in [-0.1, -0.05) is 45.7 Å². The van der Waals surface area contributed by atoms with E-state index in [0.29, 0.717) is 5.02 Å². The van der Waals surface area contributed by atoms with Gasteiger partial charge in [-0.15, -0.1) is 0 Å². The van der Waals surface area contributed by atoms with Gasteiger partial charge in [0.25, 0.3) is 0 Å². The van der Waals surface area contributed by atoms with Crippen molar-refractivity contribution in [3.63, 3.8) is 0 Å². The molecule has 2 aromatic rings. The van der Waals surface area contributed by atoms with Crippen LogP contribution < -0.4 is 4.74 Å². The van der Waals surface area contributed by atoms with Crippen molar-refractivity contribution in [3.05, 3.63) is 63.1 Å². The Hall–Kier alpha value is -0.510. The molecule has 0 heterocycles. The standard InChI is InChI=1S/C16H15Br2ClO/c1-10(2)20-13-6-3-11(4-7-13)16(18)12-5-8-14(17)15(19)9-12/h3-10,16H,1-2H3. The molecule has 0 aliphatic carbocycles. The Morgan fingerprint density at radius 3 is 2.15 bits per heavy atom. The molecule has 0 radical (unpaired) electrons. The van der Waals surface area contributed by atoms with Crippen molar-refractivity contribution in [3.8, 4) is 5.75 Å². The van der Waals surface area contributed by atoms with Crippen molar-refractivity contribution < 1.29 is 4.74 Å². The van der Waals surface area contributed by atoms with Crippen LogP contribution in [0.25, 0.3) is 0 Å². The summed E-state index contributed by atoms with van der Waals surface area (Å²) in [4.78, 5) is 0.112. The molecule has 0 N–H and O–H groups in total. The highest BCUT2D eigenvalue weighted by molar-refractivity contribution is 9.10. The largest absolute Gasteiger partial charge is 0.491 e. The van der Waals surface area contributed by atoms with E-state index in [-0.39, 0.29) is 10.9 Å². The van der Waals surface area contributed by atoms with Gasteiger partial charge >= 0.3 is 0 Å². The van der Waals surface area contributed by atoms with Crippen molar-refractivity contribution in [2.45, 2.75) is 24.8 Å². The van der Waals surface area contributed by atoms with Crippen molar-refractivity contribution in [2.24, 2.45) is 0 Å². The average molecular weight is 419 g/mol. The van der Waals surface area contributed by atoms with E-state index in [2.05, 4.69) is 44.0 Å². The third-order valence-electron chi connectivity index (χ3n) is 2.78. The van der Waals surface area contributed by atoms with Gasteiger partial charge in [-0.3, -0.25) is 0 Å². The van der Waals surface area contributed by atoms with E-state index in [9.17, 15) is 0 Å². The van der Waals surface area contributed by atoms with E-state index >= 15 is 0 Å². The van der Waals surface area contributed by atoms with Crippen molar-refractivity contribution in [2.75, 3.05) is 0 Å². The predicted octanol–water partition coefficient (Wildman–Crippen LogP) is 6.37. The zero-order valence-electron chi connectivity index (χ0n) is 11.2. The van der Waals surface area contributed by atoms with Gasteiger partial charge in [0, 0.05) is 4.47 Å². The molecule has 0 amide bonds. The van der Waals surface area contributed by atoms with Crippen LogP contribution in [-0.4, -0.2) is 6.10 Å². The Morgan fingerprint density at radius 2 is 1.60 bits per heavy atom. The number of ether oxygens (including phenoxy) is 1. The van der Waals surface area contributed by atoms with E-state index in [1.165, 1.54) is 5.56 Å². The normalized spacial score (nSPS) is 12.5. The monoisotopic (exact) mass is 416 g/mol. The number of halogens is 3. The summed E-state index contributed by atoms with van der Waals surface area (Å²) in [5.41, 5.74) is 2.29. The summed E-state index contributed by atoms with van der Waals surface area (Å²) >= 11 is 13.3. The lowest BCUT2D eigenvalue weighted by molar-refractivity contribution is 0.242. The molecular formula is C16H15Br2ClO. The third kappa shape index (κ3) is 4.00. The molecule has 0 saturated heterocycles. The van der Waals surface area contributed by atoms with Crippen LogP contribution in [0.4, 0.5) is 0 Å². The van der Waals surface area contributed by atoms with E-state index in [4.69, 9.17) is 16.3 Å². The fourth-order valence-electron chi connectivity index (χ4n) is 1.85. The first-order valence-corrected chi connectivity index (χ1v) is 8.41. The minimum Gasteiger partial charge on any atom is -0.491 e. The van der Waals surface area contributed by atoms with Crippen LogP contribution in [-0.2, 0) is 0 Å². The summed E-state index contributed by atoms with van der Waals surface area (Å²) in [6.07, 6.45) is 0.186. The smallest absolute Gasteiger partial charge is 0.119 e. The molecule has 106 valence electrons. The van der Waals surface area contributed by atoms with Crippen molar-refractivity contribution in [1.29, 1.82) is 0 Å². The molecule has 0 saturated carbocycles. The lowest BCUT2D eigenvalue weighted by atomic mass is 10.0. The second-order valence-electron chi connectivity index (χ2n) is 4.77. The van der Waals surface area contributed by atoms with Crippen molar-refractivity contribution in [1.82, 2.24) is 0 Å². The molecule has 4 heteroatoms. The molecule has 1 unspecified atom stereocenters. The molecule has 2 rings (SSSR count). The molecule has 0 spiro atoms. The fourth-order valence-corrected chi connectivity index (χ4v) is 2.88. The topological polar surface area (TPSA) is 9.23 Å². The number of hydrogen-bond acceptors (Lipinski definition) is 1. The van der Waals surface area contributed by atoms with E-state index in [0.717, 1.165) is 15.8 Å². The maximum absolute atomic E-state index is 6.14. The number of hydrogen-bond donors (Lipinski definition) is 0. The first-order chi connectivity index (χ1) is 9.47. The predicted molar refractivity (Wildman–Crippen MR) is 92.1 cm³/mol. The van der Waals surface area contributed by atoms with Crippen LogP contribution in [0.15, 0.2) is 46.9 Å². The SMILES string of the molecule is CC(C)Oc1ccc(C(Br)c2ccc(Br)c(Cl)c2)cc1. The summed E-state index contributed by atoms with van der Waals surface area (Å²) in [6, 6.07) is 14.1. The van der Waals surface area contributed by atoms with Crippen LogP contribution in [0.1, 0.15) is 29.8 Å². The van der Waals surface area contributed by atoms with Crippen LogP contribution in [0.2, 0.25) is 5.02 Å². The maximum Gasteiger partial charge on any atom is 0.119 e. The van der Waals surface area contributed by atoms with Gasteiger partial charge in [0.2, 0.25) is 0 Å². The van der Waals surface area contributed by atoms with Gasteiger partial charge in [-0.2, -0.15) is 0 Å². The van der Waals surface area contributed by atoms with Gasteiger partial charge in [-0.05, 0) is 65.2 Å². The van der Waals surface area contributed by atoms with Crippen LogP contribution in [0.3, 0.4) is 0 Å². The Labute approximate surface area is 141 Å². The minimum atomic E-state index is 0.112. The Morgan fingerprint density at radius 1 is 1.00 bits per heavy atom. The van der Waals surface area contributed by atoms with Gasteiger partial charge in [0.05, 0.1) is 16.0 Å². The van der Waals surface area contributed by atoms with E-state index < -0.39 is 0 Å². The number of benzene rings is 2. The minimum absolute atomic E-state index is 0.112. The number of alkyl halides is 1. The fraction of sp³-hybridized carbons (Fsp3) is 0.250. The van der Waals surface area contributed by atoms with Crippen LogP contribution in [0.5, 0.6) is 5.75 Å². The molecule has 0 bridgehead atoms. The molecule has 1 atom stereocenters. The van der Waals surface area contributed by atoms with E-state index in [1.54, 1.807) is 0 Å². The highest BCUT2D eigenvalue weighted by Gasteiger charge is 2.12. The summed E-state index contributed by atoms with van der Waals surface area (Å²) in [6.45, 7) is 4.04. The zero-order valence-corrected chi connectivity index (χ0v) is 15.2. The molecular weight excluding hydrogens is 403 g/mol. The van der Waals surface area contributed by atoms with Gasteiger partial charge < -0.3 is 4.74 Å². The molecule has 0 aliphatic rings. The average Bonchev–Trinajstić information content (AvgIpc) is 2.41. The highest BCUT2D eigenvalue weighted by atomic mass is 79.9. The Kier molecular flexibility index (Phi) is 5.53. The first-order valence-electron chi connectivity index (χ1n) is 6.33. The van der Waals surface area contributed by atoms with E-state index in [1.807, 2.05) is 44.2 Å². The van der Waals surface area contributed by atoms with Gasteiger partial charge in [0.1, 0.15) is 5.75 Å². The molecule has 0 fully saturated rings. The first kappa shape index (κ1) is 15.9. The lowest BCUT2D eigenvalue weighted by Gasteiger charge is -2.14. The molecule has 0 aliphatic heterocycles. The maximum atomic E-state index is 6.14. The van der Waals surface area contributed by atoms with Gasteiger partial charge in [0.15, 0.2) is 0 Å². The quantitative estimate of drug-likeness (QED) is 0.524. The summed E-state index contributed by atoms with van der Waals surface area (Å²) < 4.78 is 6.55. The molecule has 2 aromatic carbocycles. The summed E-state index contributed by atoms with van der Waals surface area (Å²) in [5.74, 6) is 0.886. The van der Waals surface area contributed by atoms with Crippen LogP contribution >= 0.6 is 43.5 Å². The van der Waals surface area contributed by atoms with Crippen molar-refractivity contribution >= 4 is 43.5 Å². The highest BCUT2D eigenvalue weighted by Crippen LogP contribution is 2.35. The summed E-state index contributed by atoms with van der Waals surface area (Å²) in [7, 11) is 0.